The van der Waals surface area contributed by atoms with E-state index in [1.807, 2.05) is 0 Å². The first kappa shape index (κ1) is 23.9. The van der Waals surface area contributed by atoms with Crippen LogP contribution in [0.5, 0.6) is 11.5 Å². The van der Waals surface area contributed by atoms with Crippen LogP contribution in [0.25, 0.3) is 5.69 Å². The van der Waals surface area contributed by atoms with E-state index in [1.165, 1.54) is 20.4 Å². The summed E-state index contributed by atoms with van der Waals surface area (Å²) in [7, 11) is 2.89. The monoisotopic (exact) mass is 465 g/mol. The number of alkyl halides is 3. The summed E-state index contributed by atoms with van der Waals surface area (Å²) in [5.74, 6) is 10.3. The fraction of sp³-hybridized carbons (Fsp3) is 0.238. The molecule has 1 heterocycles. The summed E-state index contributed by atoms with van der Waals surface area (Å²) in [5.41, 5.74) is 1.17. The number of anilines is 1. The van der Waals surface area contributed by atoms with Gasteiger partial charge in [-0.25, -0.2) is 21.2 Å². The van der Waals surface area contributed by atoms with Gasteiger partial charge in [-0.1, -0.05) is 6.07 Å². The third-order valence-electron chi connectivity index (χ3n) is 4.83. The molecule has 5 N–H and O–H groups in total. The maximum absolute atomic E-state index is 12.8. The average Bonchev–Trinajstić information content (AvgIpc) is 3.28. The summed E-state index contributed by atoms with van der Waals surface area (Å²) < 4.78 is 51.0. The number of urea groups is 1. The molecule has 0 atom stereocenters. The number of benzene rings is 2. The topological polar surface area (TPSA) is 113 Å². The van der Waals surface area contributed by atoms with Crippen LogP contribution in [0.15, 0.2) is 48.7 Å². The number of quaternary nitrogens is 1. The van der Waals surface area contributed by atoms with Gasteiger partial charge >= 0.3 is 12.2 Å². The Balaban J connectivity index is 1.84. The van der Waals surface area contributed by atoms with Crippen LogP contribution in [0.2, 0.25) is 0 Å². The van der Waals surface area contributed by atoms with Crippen molar-refractivity contribution in [2.75, 3.05) is 19.2 Å². The van der Waals surface area contributed by atoms with Gasteiger partial charge in [0.2, 0.25) is 0 Å². The number of hydrogen-bond donors (Lipinski definition) is 2. The highest BCUT2D eigenvalue weighted by Gasteiger charge is 2.33. The van der Waals surface area contributed by atoms with E-state index in [4.69, 9.17) is 15.3 Å². The van der Waals surface area contributed by atoms with Gasteiger partial charge in [0, 0.05) is 13.2 Å². The van der Waals surface area contributed by atoms with Crippen LogP contribution in [-0.2, 0) is 12.8 Å². The van der Waals surface area contributed by atoms with E-state index in [2.05, 4.69) is 10.9 Å². The normalized spacial score (nSPS) is 11.3. The SMILES string of the molecule is COc1cccc(N([NH3+])C(=O)N(C)N)c1COc1ccc(-n2ccc(C(F)(F)F)n2)cc1C. The van der Waals surface area contributed by atoms with Crippen LogP contribution >= 0.6 is 0 Å². The standard InChI is InChI=1S/C21H23F3N6O3/c1-13-11-14(29-10-9-19(27-29)21(22,23)24)7-8-17(13)33-12-15-16(5-4-6-18(15)32-3)30(26)20(31)28(2)25/h4-11H,12,25-26H2,1-3H3/p+1. The molecule has 0 fully saturated rings. The number of hydrogen-bond acceptors (Lipinski definition) is 5. The summed E-state index contributed by atoms with van der Waals surface area (Å²) in [5, 5.41) is 5.61. The molecule has 0 aliphatic carbocycles. The van der Waals surface area contributed by atoms with Crippen molar-refractivity contribution in [3.05, 3.63) is 65.5 Å². The number of halogens is 3. The van der Waals surface area contributed by atoms with E-state index in [0.717, 1.165) is 20.8 Å². The molecule has 0 saturated carbocycles. The van der Waals surface area contributed by atoms with Crippen molar-refractivity contribution >= 4 is 11.7 Å². The van der Waals surface area contributed by atoms with E-state index in [0.29, 0.717) is 34.0 Å². The predicted octanol–water partition coefficient (Wildman–Crippen LogP) is 2.68. The zero-order chi connectivity index (χ0) is 24.3. The number of aryl methyl sites for hydroxylation is 1. The number of hydrazine groups is 1. The van der Waals surface area contributed by atoms with Gasteiger partial charge in [0.05, 0.1) is 18.4 Å². The molecule has 0 aliphatic heterocycles. The van der Waals surface area contributed by atoms with Crippen molar-refractivity contribution in [1.29, 1.82) is 0 Å². The van der Waals surface area contributed by atoms with E-state index in [9.17, 15) is 18.0 Å². The Bertz CT molecular complexity index is 1150. The molecule has 33 heavy (non-hydrogen) atoms. The third-order valence-corrected chi connectivity index (χ3v) is 4.83. The van der Waals surface area contributed by atoms with Gasteiger partial charge in [-0.15, -0.1) is 5.01 Å². The van der Waals surface area contributed by atoms with Crippen LogP contribution in [0.3, 0.4) is 0 Å². The number of nitrogens with zero attached hydrogens (tertiary/aromatic N) is 4. The first-order valence-electron chi connectivity index (χ1n) is 9.68. The van der Waals surface area contributed by atoms with Gasteiger partial charge in [0.15, 0.2) is 5.69 Å². The summed E-state index contributed by atoms with van der Waals surface area (Å²) in [6.07, 6.45) is -3.27. The molecule has 176 valence electrons. The number of carbonyl (C=O) groups excluding carboxylic acids is 1. The second kappa shape index (κ2) is 9.38. The number of methoxy groups -OCH3 is 1. The van der Waals surface area contributed by atoms with Crippen LogP contribution in [-0.4, -0.2) is 35.0 Å². The lowest BCUT2D eigenvalue weighted by Crippen LogP contribution is -2.73. The van der Waals surface area contributed by atoms with Crippen molar-refractivity contribution in [2.45, 2.75) is 19.7 Å². The van der Waals surface area contributed by atoms with Gasteiger partial charge in [0.1, 0.15) is 23.8 Å². The molecule has 3 aromatic rings. The summed E-state index contributed by atoms with van der Waals surface area (Å²) in [4.78, 5) is 12.3. The molecule has 1 aromatic heterocycles. The number of carbonyl (C=O) groups is 1. The van der Waals surface area contributed by atoms with Crippen molar-refractivity contribution in [3.63, 3.8) is 0 Å². The molecule has 9 nitrogen and oxygen atoms in total. The molecular formula is C21H24F3N6O3+. The second-order valence-corrected chi connectivity index (χ2v) is 7.16. The van der Waals surface area contributed by atoms with Crippen molar-refractivity contribution in [3.8, 4) is 17.2 Å². The number of amides is 2. The van der Waals surface area contributed by atoms with E-state index < -0.39 is 17.9 Å². The summed E-state index contributed by atoms with van der Waals surface area (Å²) in [6, 6.07) is 10.4. The third kappa shape index (κ3) is 5.18. The summed E-state index contributed by atoms with van der Waals surface area (Å²) >= 11 is 0. The molecule has 0 unspecified atom stereocenters. The van der Waals surface area contributed by atoms with E-state index in [1.54, 1.807) is 43.3 Å². The molecule has 2 aromatic carbocycles. The minimum Gasteiger partial charge on any atom is -0.496 e. The minimum atomic E-state index is -4.52. The average molecular weight is 465 g/mol. The minimum absolute atomic E-state index is 0.0348. The Labute approximate surface area is 187 Å². The van der Waals surface area contributed by atoms with Gasteiger partial charge < -0.3 is 9.47 Å². The quantitative estimate of drug-likeness (QED) is 0.330. The lowest BCUT2D eigenvalue weighted by molar-refractivity contribution is -0.371. The van der Waals surface area contributed by atoms with Crippen molar-refractivity contribution in [2.24, 2.45) is 5.84 Å². The second-order valence-electron chi connectivity index (χ2n) is 7.16. The highest BCUT2D eigenvalue weighted by molar-refractivity contribution is 5.89. The van der Waals surface area contributed by atoms with Gasteiger partial charge in [-0.05, 0) is 48.9 Å². The van der Waals surface area contributed by atoms with Gasteiger partial charge in [-0.3, -0.25) is 5.01 Å². The van der Waals surface area contributed by atoms with Gasteiger partial charge in [0.25, 0.3) is 0 Å². The first-order chi connectivity index (χ1) is 15.5. The highest BCUT2D eigenvalue weighted by atomic mass is 19.4. The zero-order valence-corrected chi connectivity index (χ0v) is 18.3. The Hall–Kier alpha value is -3.77. The Kier molecular flexibility index (Phi) is 6.79. The maximum Gasteiger partial charge on any atom is 0.435 e. The first-order valence-corrected chi connectivity index (χ1v) is 9.68. The fourth-order valence-corrected chi connectivity index (χ4v) is 3.14. The smallest absolute Gasteiger partial charge is 0.435 e. The largest absolute Gasteiger partial charge is 0.496 e. The molecular weight excluding hydrogens is 441 g/mol. The molecule has 3 rings (SSSR count). The molecule has 0 bridgehead atoms. The number of nitrogens with two attached hydrogens (primary N) is 1. The van der Waals surface area contributed by atoms with E-state index in [-0.39, 0.29) is 6.61 Å². The van der Waals surface area contributed by atoms with E-state index >= 15 is 0 Å². The molecule has 2 amide bonds. The molecule has 0 aliphatic rings. The van der Waals surface area contributed by atoms with Crippen LogP contribution in [0, 0.1) is 6.92 Å². The lowest BCUT2D eigenvalue weighted by Gasteiger charge is -2.21. The maximum atomic E-state index is 12.8. The Morgan fingerprint density at radius 3 is 2.52 bits per heavy atom. The van der Waals surface area contributed by atoms with Crippen molar-refractivity contribution in [1.82, 2.24) is 14.8 Å². The zero-order valence-electron chi connectivity index (χ0n) is 18.3. The predicted molar refractivity (Wildman–Crippen MR) is 113 cm³/mol. The molecule has 0 saturated heterocycles. The Morgan fingerprint density at radius 1 is 1.21 bits per heavy atom. The fourth-order valence-electron chi connectivity index (χ4n) is 3.14. The van der Waals surface area contributed by atoms with Crippen molar-refractivity contribution < 1.29 is 33.3 Å². The van der Waals surface area contributed by atoms with Gasteiger partial charge in [-0.2, -0.15) is 18.3 Å². The number of aromatic nitrogens is 2. The molecule has 12 heteroatoms. The Morgan fingerprint density at radius 2 is 1.94 bits per heavy atom. The number of rotatable bonds is 6. The summed E-state index contributed by atoms with van der Waals surface area (Å²) in [6.45, 7) is 1.80. The molecule has 0 radical (unpaired) electrons. The van der Waals surface area contributed by atoms with Crippen LogP contribution in [0.1, 0.15) is 16.8 Å². The molecule has 0 spiro atoms. The highest BCUT2D eigenvalue weighted by Crippen LogP contribution is 2.31. The lowest BCUT2D eigenvalue weighted by atomic mass is 10.1. The number of ether oxygens (including phenoxy) is 2. The van der Waals surface area contributed by atoms with Crippen LogP contribution < -0.4 is 26.2 Å². The van der Waals surface area contributed by atoms with Crippen LogP contribution in [0.4, 0.5) is 23.7 Å².